The lowest BCUT2D eigenvalue weighted by atomic mass is 10.2. The SMILES string of the molecule is Cc1c(N)cc(S(=O)(=O)NCCSCCCO)cc1F. The molecular weight excluding hydrogens is 303 g/mol. The van der Waals surface area contributed by atoms with Crippen LogP contribution >= 0.6 is 11.8 Å². The maximum Gasteiger partial charge on any atom is 0.240 e. The highest BCUT2D eigenvalue weighted by Crippen LogP contribution is 2.20. The van der Waals surface area contributed by atoms with Gasteiger partial charge in [-0.3, -0.25) is 0 Å². The van der Waals surface area contributed by atoms with Crippen LogP contribution in [0.5, 0.6) is 0 Å². The monoisotopic (exact) mass is 322 g/mol. The van der Waals surface area contributed by atoms with Crippen LogP contribution < -0.4 is 10.5 Å². The highest BCUT2D eigenvalue weighted by Gasteiger charge is 2.16. The van der Waals surface area contributed by atoms with Crippen molar-refractivity contribution >= 4 is 27.5 Å². The van der Waals surface area contributed by atoms with Crippen LogP contribution in [0.25, 0.3) is 0 Å². The molecular formula is C12H19FN2O3S2. The van der Waals surface area contributed by atoms with Crippen LogP contribution in [-0.4, -0.2) is 38.2 Å². The van der Waals surface area contributed by atoms with Gasteiger partial charge in [-0.2, -0.15) is 11.8 Å². The van der Waals surface area contributed by atoms with E-state index in [2.05, 4.69) is 4.72 Å². The number of rotatable bonds is 8. The van der Waals surface area contributed by atoms with Crippen LogP contribution in [0.15, 0.2) is 17.0 Å². The third-order valence-corrected chi connectivity index (χ3v) is 5.16. The molecule has 0 saturated carbocycles. The largest absolute Gasteiger partial charge is 0.398 e. The Morgan fingerprint density at radius 1 is 1.40 bits per heavy atom. The lowest BCUT2D eigenvalue weighted by Gasteiger charge is -2.09. The van der Waals surface area contributed by atoms with Crippen molar-refractivity contribution in [1.82, 2.24) is 4.72 Å². The summed E-state index contributed by atoms with van der Waals surface area (Å²) in [6, 6.07) is 2.21. The molecule has 1 rings (SSSR count). The number of benzene rings is 1. The van der Waals surface area contributed by atoms with Crippen molar-refractivity contribution in [3.63, 3.8) is 0 Å². The molecule has 4 N–H and O–H groups in total. The van der Waals surface area contributed by atoms with E-state index >= 15 is 0 Å². The Morgan fingerprint density at radius 2 is 2.10 bits per heavy atom. The summed E-state index contributed by atoms with van der Waals surface area (Å²) >= 11 is 1.54. The number of aliphatic hydroxyl groups excluding tert-OH is 1. The van der Waals surface area contributed by atoms with Gasteiger partial charge in [0, 0.05) is 30.2 Å². The predicted molar refractivity (Wildman–Crippen MR) is 79.8 cm³/mol. The molecule has 0 bridgehead atoms. The molecule has 20 heavy (non-hydrogen) atoms. The molecule has 1 aromatic rings. The normalized spacial score (nSPS) is 11.8. The molecule has 0 saturated heterocycles. The Bertz CT molecular complexity index is 527. The number of nitrogen functional groups attached to an aromatic ring is 1. The fourth-order valence-corrected chi connectivity index (χ4v) is 3.42. The molecule has 0 amide bonds. The summed E-state index contributed by atoms with van der Waals surface area (Å²) in [7, 11) is -3.75. The third-order valence-electron chi connectivity index (χ3n) is 2.65. The van der Waals surface area contributed by atoms with Crippen LogP contribution in [0, 0.1) is 12.7 Å². The van der Waals surface area contributed by atoms with Gasteiger partial charge in [-0.05, 0) is 31.2 Å². The number of anilines is 1. The van der Waals surface area contributed by atoms with Crippen LogP contribution in [0.4, 0.5) is 10.1 Å². The Hall–Kier alpha value is -0.830. The fourth-order valence-electron chi connectivity index (χ4n) is 1.43. The van der Waals surface area contributed by atoms with Gasteiger partial charge in [0.05, 0.1) is 4.90 Å². The number of aliphatic hydroxyl groups is 1. The lowest BCUT2D eigenvalue weighted by Crippen LogP contribution is -2.26. The Balaban J connectivity index is 2.61. The summed E-state index contributed by atoms with van der Waals surface area (Å²) in [4.78, 5) is -0.168. The van der Waals surface area contributed by atoms with Crippen LogP contribution in [-0.2, 0) is 10.0 Å². The van der Waals surface area contributed by atoms with E-state index in [1.165, 1.54) is 24.8 Å². The second-order valence-electron chi connectivity index (χ2n) is 4.21. The van der Waals surface area contributed by atoms with Crippen LogP contribution in [0.1, 0.15) is 12.0 Å². The van der Waals surface area contributed by atoms with Crippen molar-refractivity contribution in [1.29, 1.82) is 0 Å². The first-order valence-electron chi connectivity index (χ1n) is 6.12. The molecule has 0 unspecified atom stereocenters. The molecule has 0 atom stereocenters. The summed E-state index contributed by atoms with van der Waals surface area (Å²) in [6.07, 6.45) is 0.678. The minimum absolute atomic E-state index is 0.114. The average molecular weight is 322 g/mol. The molecule has 0 aliphatic heterocycles. The lowest BCUT2D eigenvalue weighted by molar-refractivity contribution is 0.296. The first-order valence-corrected chi connectivity index (χ1v) is 8.76. The van der Waals surface area contributed by atoms with Crippen molar-refractivity contribution in [2.75, 3.05) is 30.4 Å². The molecule has 0 aromatic heterocycles. The first-order chi connectivity index (χ1) is 9.38. The molecule has 5 nitrogen and oxygen atoms in total. The average Bonchev–Trinajstić information content (AvgIpc) is 2.39. The quantitative estimate of drug-likeness (QED) is 0.492. The standard InChI is InChI=1S/C12H19FN2O3S2/c1-9-11(13)7-10(8-12(9)14)20(17,18)15-3-6-19-5-2-4-16/h7-8,15-16H,2-6,14H2,1H3. The maximum absolute atomic E-state index is 13.5. The number of halogens is 1. The Labute approximate surface area is 122 Å². The van der Waals surface area contributed by atoms with Gasteiger partial charge in [-0.25, -0.2) is 17.5 Å². The third kappa shape index (κ3) is 4.93. The Kier molecular flexibility index (Phi) is 6.74. The highest BCUT2D eigenvalue weighted by atomic mass is 32.2. The zero-order chi connectivity index (χ0) is 15.2. The van der Waals surface area contributed by atoms with Gasteiger partial charge in [0.1, 0.15) is 5.82 Å². The number of hydrogen-bond acceptors (Lipinski definition) is 5. The zero-order valence-electron chi connectivity index (χ0n) is 11.2. The minimum Gasteiger partial charge on any atom is -0.398 e. The smallest absolute Gasteiger partial charge is 0.240 e. The van der Waals surface area contributed by atoms with Gasteiger partial charge >= 0.3 is 0 Å². The molecule has 0 heterocycles. The van der Waals surface area contributed by atoms with Gasteiger partial charge in [0.15, 0.2) is 0 Å². The second-order valence-corrected chi connectivity index (χ2v) is 7.20. The number of nitrogens with one attached hydrogen (secondary N) is 1. The van der Waals surface area contributed by atoms with Gasteiger partial charge in [-0.1, -0.05) is 0 Å². The van der Waals surface area contributed by atoms with E-state index in [4.69, 9.17) is 10.8 Å². The fraction of sp³-hybridized carbons (Fsp3) is 0.500. The van der Waals surface area contributed by atoms with E-state index in [1.807, 2.05) is 0 Å². The minimum atomic E-state index is -3.75. The molecule has 0 aliphatic rings. The van der Waals surface area contributed by atoms with Crippen molar-refractivity contribution < 1.29 is 17.9 Å². The molecule has 114 valence electrons. The second kappa shape index (κ2) is 7.82. The molecule has 0 spiro atoms. The number of sulfonamides is 1. The van der Waals surface area contributed by atoms with E-state index in [0.29, 0.717) is 12.2 Å². The number of thioether (sulfide) groups is 1. The van der Waals surface area contributed by atoms with Gasteiger partial charge in [0.2, 0.25) is 10.0 Å². The van der Waals surface area contributed by atoms with E-state index in [1.54, 1.807) is 0 Å². The number of hydrogen-bond donors (Lipinski definition) is 3. The van der Waals surface area contributed by atoms with Crippen LogP contribution in [0.3, 0.4) is 0 Å². The van der Waals surface area contributed by atoms with Crippen molar-refractivity contribution in [3.05, 3.63) is 23.5 Å². The van der Waals surface area contributed by atoms with Gasteiger partial charge < -0.3 is 10.8 Å². The zero-order valence-corrected chi connectivity index (χ0v) is 12.9. The first kappa shape index (κ1) is 17.2. The predicted octanol–water partition coefficient (Wildman–Crippen LogP) is 1.11. The highest BCUT2D eigenvalue weighted by molar-refractivity contribution is 7.99. The summed E-state index contributed by atoms with van der Waals surface area (Å²) < 4.78 is 39.8. The summed E-state index contributed by atoms with van der Waals surface area (Å²) in [5.41, 5.74) is 5.92. The van der Waals surface area contributed by atoms with E-state index in [0.717, 1.165) is 11.8 Å². The summed E-state index contributed by atoms with van der Waals surface area (Å²) in [6.45, 7) is 1.86. The van der Waals surface area contributed by atoms with E-state index in [9.17, 15) is 12.8 Å². The summed E-state index contributed by atoms with van der Waals surface area (Å²) in [5, 5.41) is 8.60. The van der Waals surface area contributed by atoms with E-state index in [-0.39, 0.29) is 29.3 Å². The molecule has 0 aliphatic carbocycles. The molecule has 1 aromatic carbocycles. The summed E-state index contributed by atoms with van der Waals surface area (Å²) in [5.74, 6) is 0.718. The van der Waals surface area contributed by atoms with E-state index < -0.39 is 15.8 Å². The van der Waals surface area contributed by atoms with Crippen LogP contribution in [0.2, 0.25) is 0 Å². The number of nitrogens with two attached hydrogens (primary N) is 1. The van der Waals surface area contributed by atoms with Crippen molar-refractivity contribution in [2.24, 2.45) is 0 Å². The molecule has 8 heteroatoms. The Morgan fingerprint density at radius 3 is 2.70 bits per heavy atom. The van der Waals surface area contributed by atoms with Crippen molar-refractivity contribution in [3.8, 4) is 0 Å². The maximum atomic E-state index is 13.5. The topological polar surface area (TPSA) is 92.4 Å². The van der Waals surface area contributed by atoms with Crippen molar-refractivity contribution in [2.45, 2.75) is 18.2 Å². The van der Waals surface area contributed by atoms with Gasteiger partial charge in [0.25, 0.3) is 0 Å². The molecule has 0 radical (unpaired) electrons. The molecule has 0 fully saturated rings. The van der Waals surface area contributed by atoms with Gasteiger partial charge in [-0.15, -0.1) is 0 Å².